The SMILES string of the molecule is C=CCc1ccccc1OCCCn1c([C@H]2CC(=O)N(CC=C)C2)nc2ccccc21. The zero-order valence-corrected chi connectivity index (χ0v) is 17.9. The number of benzene rings is 2. The van der Waals surface area contributed by atoms with Gasteiger partial charge in [0.05, 0.1) is 17.6 Å². The van der Waals surface area contributed by atoms with Crippen LogP contribution in [0.3, 0.4) is 0 Å². The number of fused-ring (bicyclic) bond motifs is 1. The van der Waals surface area contributed by atoms with Crippen molar-refractivity contribution in [1.29, 1.82) is 0 Å². The van der Waals surface area contributed by atoms with Crippen LogP contribution in [-0.2, 0) is 17.8 Å². The Bertz CT molecular complexity index is 1090. The van der Waals surface area contributed by atoms with E-state index in [0.29, 0.717) is 26.1 Å². The highest BCUT2D eigenvalue weighted by atomic mass is 16.5. The maximum Gasteiger partial charge on any atom is 0.223 e. The van der Waals surface area contributed by atoms with Crippen molar-refractivity contribution in [3.05, 3.63) is 85.2 Å². The van der Waals surface area contributed by atoms with E-state index in [-0.39, 0.29) is 11.8 Å². The van der Waals surface area contributed by atoms with Crippen LogP contribution in [-0.4, -0.2) is 40.1 Å². The van der Waals surface area contributed by atoms with E-state index < -0.39 is 0 Å². The third-order valence-electron chi connectivity index (χ3n) is 5.73. The van der Waals surface area contributed by atoms with Crippen molar-refractivity contribution >= 4 is 16.9 Å². The maximum atomic E-state index is 12.4. The lowest BCUT2D eigenvalue weighted by atomic mass is 10.1. The molecule has 1 aliphatic rings. The van der Waals surface area contributed by atoms with Crippen LogP contribution < -0.4 is 4.74 Å². The van der Waals surface area contributed by atoms with E-state index in [1.807, 2.05) is 47.4 Å². The van der Waals surface area contributed by atoms with Crippen molar-refractivity contribution in [1.82, 2.24) is 14.5 Å². The number of ether oxygens (including phenoxy) is 1. The first kappa shape index (κ1) is 20.9. The Morgan fingerprint density at radius 2 is 1.90 bits per heavy atom. The van der Waals surface area contributed by atoms with Gasteiger partial charge in [-0.05, 0) is 36.6 Å². The number of carbonyl (C=O) groups excluding carboxylic acids is 1. The van der Waals surface area contributed by atoms with E-state index in [9.17, 15) is 4.79 Å². The van der Waals surface area contributed by atoms with Crippen LogP contribution >= 0.6 is 0 Å². The van der Waals surface area contributed by atoms with Crippen LogP contribution in [0.15, 0.2) is 73.8 Å². The van der Waals surface area contributed by atoms with Gasteiger partial charge in [-0.2, -0.15) is 0 Å². The number of hydrogen-bond acceptors (Lipinski definition) is 3. The van der Waals surface area contributed by atoms with Crippen LogP contribution in [0.5, 0.6) is 5.75 Å². The number of amides is 1. The van der Waals surface area contributed by atoms with Gasteiger partial charge in [0.25, 0.3) is 0 Å². The standard InChI is InChI=1S/C26H29N3O2/c1-3-10-20-11-5-8-14-24(20)31-17-9-16-29-23-13-7-6-12-22(23)27-26(29)21-18-25(30)28(19-21)15-4-2/h3-8,11-14,21H,1-2,9-10,15-19H2/t21-/m0/s1. The van der Waals surface area contributed by atoms with Crippen molar-refractivity contribution in [2.45, 2.75) is 31.7 Å². The summed E-state index contributed by atoms with van der Waals surface area (Å²) in [5.41, 5.74) is 3.24. The second kappa shape index (κ2) is 9.65. The van der Waals surface area contributed by atoms with Gasteiger partial charge in [0.2, 0.25) is 5.91 Å². The normalized spacial score (nSPS) is 16.1. The average Bonchev–Trinajstić information content (AvgIpc) is 3.33. The summed E-state index contributed by atoms with van der Waals surface area (Å²) in [5.74, 6) is 2.19. The predicted molar refractivity (Wildman–Crippen MR) is 124 cm³/mol. The number of para-hydroxylation sites is 3. The summed E-state index contributed by atoms with van der Waals surface area (Å²) in [6.45, 7) is 10.3. The summed E-state index contributed by atoms with van der Waals surface area (Å²) in [6, 6.07) is 16.3. The van der Waals surface area contributed by atoms with Crippen molar-refractivity contribution in [3.63, 3.8) is 0 Å². The summed E-state index contributed by atoms with van der Waals surface area (Å²) in [7, 11) is 0. The van der Waals surface area contributed by atoms with Crippen LogP contribution in [0.2, 0.25) is 0 Å². The van der Waals surface area contributed by atoms with Crippen molar-refractivity contribution in [2.75, 3.05) is 19.7 Å². The first-order valence-electron chi connectivity index (χ1n) is 10.9. The van der Waals surface area contributed by atoms with E-state index in [0.717, 1.165) is 47.6 Å². The van der Waals surface area contributed by atoms with Gasteiger partial charge < -0.3 is 14.2 Å². The Morgan fingerprint density at radius 3 is 2.74 bits per heavy atom. The Hall–Kier alpha value is -3.34. The molecule has 1 atom stereocenters. The number of allylic oxidation sites excluding steroid dienone is 1. The van der Waals surface area contributed by atoms with E-state index in [2.05, 4.69) is 29.9 Å². The molecule has 1 aliphatic heterocycles. The molecule has 1 saturated heterocycles. The maximum absolute atomic E-state index is 12.4. The van der Waals surface area contributed by atoms with Gasteiger partial charge in [0, 0.05) is 32.0 Å². The van der Waals surface area contributed by atoms with Crippen LogP contribution in [0.4, 0.5) is 0 Å². The van der Waals surface area contributed by atoms with Gasteiger partial charge >= 0.3 is 0 Å². The fourth-order valence-electron chi connectivity index (χ4n) is 4.29. The summed E-state index contributed by atoms with van der Waals surface area (Å²) in [6.07, 6.45) is 5.83. The third-order valence-corrected chi connectivity index (χ3v) is 5.73. The molecular formula is C26H29N3O2. The minimum absolute atomic E-state index is 0.106. The molecule has 1 aromatic heterocycles. The first-order chi connectivity index (χ1) is 15.2. The fraction of sp³-hybridized carbons (Fsp3) is 0.308. The molecule has 2 heterocycles. The molecule has 1 fully saturated rings. The molecule has 1 amide bonds. The van der Waals surface area contributed by atoms with Crippen LogP contribution in [0, 0.1) is 0 Å². The van der Waals surface area contributed by atoms with E-state index in [1.54, 1.807) is 6.08 Å². The molecule has 4 rings (SSSR count). The molecule has 0 saturated carbocycles. The third kappa shape index (κ3) is 4.55. The second-order valence-electron chi connectivity index (χ2n) is 7.90. The number of hydrogen-bond donors (Lipinski definition) is 0. The number of aromatic nitrogens is 2. The Balaban J connectivity index is 1.49. The smallest absolute Gasteiger partial charge is 0.223 e. The van der Waals surface area contributed by atoms with Gasteiger partial charge in [-0.15, -0.1) is 13.2 Å². The van der Waals surface area contributed by atoms with Gasteiger partial charge in [-0.25, -0.2) is 4.98 Å². The van der Waals surface area contributed by atoms with Gasteiger partial charge in [-0.1, -0.05) is 42.5 Å². The molecule has 5 heteroatoms. The lowest BCUT2D eigenvalue weighted by Crippen LogP contribution is -2.25. The number of likely N-dealkylation sites (tertiary alicyclic amines) is 1. The molecule has 0 aliphatic carbocycles. The molecule has 31 heavy (non-hydrogen) atoms. The minimum atomic E-state index is 0.106. The average molecular weight is 416 g/mol. The molecule has 0 N–H and O–H groups in total. The Labute approximate surface area is 183 Å². The summed E-state index contributed by atoms with van der Waals surface area (Å²) in [4.78, 5) is 19.2. The monoisotopic (exact) mass is 415 g/mol. The Kier molecular flexibility index (Phi) is 6.51. The largest absolute Gasteiger partial charge is 0.493 e. The lowest BCUT2D eigenvalue weighted by molar-refractivity contribution is -0.127. The topological polar surface area (TPSA) is 47.4 Å². The van der Waals surface area contributed by atoms with E-state index in [4.69, 9.17) is 9.72 Å². The lowest BCUT2D eigenvalue weighted by Gasteiger charge is -2.16. The van der Waals surface area contributed by atoms with E-state index >= 15 is 0 Å². The number of imidazole rings is 1. The van der Waals surface area contributed by atoms with Gasteiger partial charge in [0.15, 0.2) is 0 Å². The molecule has 160 valence electrons. The van der Waals surface area contributed by atoms with E-state index in [1.165, 1.54) is 0 Å². The highest BCUT2D eigenvalue weighted by Crippen LogP contribution is 2.30. The first-order valence-corrected chi connectivity index (χ1v) is 10.9. The van der Waals surface area contributed by atoms with Gasteiger partial charge in [0.1, 0.15) is 11.6 Å². The number of aryl methyl sites for hydroxylation is 1. The van der Waals surface area contributed by atoms with Crippen LogP contribution in [0.1, 0.15) is 30.1 Å². The Morgan fingerprint density at radius 1 is 1.10 bits per heavy atom. The zero-order valence-electron chi connectivity index (χ0n) is 17.9. The zero-order chi connectivity index (χ0) is 21.6. The molecule has 3 aromatic rings. The molecular weight excluding hydrogens is 386 g/mol. The van der Waals surface area contributed by atoms with Gasteiger partial charge in [-0.3, -0.25) is 4.79 Å². The van der Waals surface area contributed by atoms with Crippen molar-refractivity contribution < 1.29 is 9.53 Å². The van der Waals surface area contributed by atoms with Crippen molar-refractivity contribution in [2.24, 2.45) is 0 Å². The molecule has 2 aromatic carbocycles. The highest BCUT2D eigenvalue weighted by Gasteiger charge is 2.33. The molecule has 0 radical (unpaired) electrons. The second-order valence-corrected chi connectivity index (χ2v) is 7.90. The van der Waals surface area contributed by atoms with Crippen LogP contribution in [0.25, 0.3) is 11.0 Å². The minimum Gasteiger partial charge on any atom is -0.493 e. The predicted octanol–water partition coefficient (Wildman–Crippen LogP) is 4.74. The summed E-state index contributed by atoms with van der Waals surface area (Å²) >= 11 is 0. The number of rotatable bonds is 10. The number of nitrogens with zero attached hydrogens (tertiary/aromatic N) is 3. The highest BCUT2D eigenvalue weighted by molar-refractivity contribution is 5.81. The molecule has 0 unspecified atom stereocenters. The summed E-state index contributed by atoms with van der Waals surface area (Å²) in [5, 5.41) is 0. The fourth-order valence-corrected chi connectivity index (χ4v) is 4.29. The quantitative estimate of drug-likeness (QED) is 0.355. The number of carbonyl (C=O) groups is 1. The van der Waals surface area contributed by atoms with Crippen molar-refractivity contribution in [3.8, 4) is 5.75 Å². The molecule has 0 bridgehead atoms. The molecule has 0 spiro atoms. The summed E-state index contributed by atoms with van der Waals surface area (Å²) < 4.78 is 8.34. The molecule has 5 nitrogen and oxygen atoms in total.